The summed E-state index contributed by atoms with van der Waals surface area (Å²) < 4.78 is 0. The van der Waals surface area contributed by atoms with Gasteiger partial charge in [0.15, 0.2) is 0 Å². The Hall–Kier alpha value is -1.59. The van der Waals surface area contributed by atoms with E-state index in [2.05, 4.69) is 40.1 Å². The molecule has 1 unspecified atom stereocenters. The zero-order valence-corrected chi connectivity index (χ0v) is 12.3. The van der Waals surface area contributed by atoms with E-state index in [1.807, 2.05) is 0 Å². The molecule has 1 amide bonds. The largest absolute Gasteiger partial charge is 0.465 e. The fourth-order valence-corrected chi connectivity index (χ4v) is 3.34. The van der Waals surface area contributed by atoms with Crippen LogP contribution in [0.2, 0.25) is 0 Å². The van der Waals surface area contributed by atoms with Crippen LogP contribution in [0.25, 0.3) is 0 Å². The number of carboxylic acid groups (broad SMARTS) is 1. The summed E-state index contributed by atoms with van der Waals surface area (Å²) in [5.41, 5.74) is 1.36. The van der Waals surface area contributed by atoms with Crippen molar-refractivity contribution in [3.05, 3.63) is 35.9 Å². The highest BCUT2D eigenvalue weighted by Crippen LogP contribution is 2.18. The number of hydrogen-bond donors (Lipinski definition) is 1. The quantitative estimate of drug-likeness (QED) is 0.917. The number of amides is 1. The summed E-state index contributed by atoms with van der Waals surface area (Å²) in [6.07, 6.45) is 0.200. The molecule has 2 fully saturated rings. The summed E-state index contributed by atoms with van der Waals surface area (Å²) in [6, 6.07) is 11.0. The Morgan fingerprint density at radius 2 is 1.81 bits per heavy atom. The van der Waals surface area contributed by atoms with Gasteiger partial charge in [-0.05, 0) is 12.0 Å². The maximum atomic E-state index is 11.0. The third kappa shape index (κ3) is 3.54. The molecule has 114 valence electrons. The Kier molecular flexibility index (Phi) is 4.41. The standard InChI is InChI=1S/C16H23N3O2/c20-16(21)19-7-6-15(13-19)18-10-8-17(9-11-18)12-14-4-2-1-3-5-14/h1-5,15H,6-13H2,(H,20,21). The summed E-state index contributed by atoms with van der Waals surface area (Å²) >= 11 is 0. The monoisotopic (exact) mass is 289 g/mol. The fraction of sp³-hybridized carbons (Fsp3) is 0.562. The van der Waals surface area contributed by atoms with Gasteiger partial charge in [-0.1, -0.05) is 30.3 Å². The van der Waals surface area contributed by atoms with Gasteiger partial charge in [0, 0.05) is 51.9 Å². The molecule has 3 rings (SSSR count). The molecule has 0 saturated carbocycles. The normalized spacial score (nSPS) is 24.4. The molecule has 21 heavy (non-hydrogen) atoms. The van der Waals surface area contributed by atoms with E-state index in [9.17, 15) is 4.79 Å². The predicted molar refractivity (Wildman–Crippen MR) is 81.3 cm³/mol. The summed E-state index contributed by atoms with van der Waals surface area (Å²) in [5, 5.41) is 9.03. The molecule has 2 heterocycles. The predicted octanol–water partition coefficient (Wildman–Crippen LogP) is 1.56. The van der Waals surface area contributed by atoms with Crippen LogP contribution >= 0.6 is 0 Å². The Morgan fingerprint density at radius 3 is 2.43 bits per heavy atom. The first-order valence-electron chi connectivity index (χ1n) is 7.70. The Labute approximate surface area is 125 Å². The summed E-state index contributed by atoms with van der Waals surface area (Å²) in [5.74, 6) is 0. The average Bonchev–Trinajstić information content (AvgIpc) is 2.99. The molecule has 1 aromatic carbocycles. The lowest BCUT2D eigenvalue weighted by atomic mass is 10.1. The molecule has 5 nitrogen and oxygen atoms in total. The maximum absolute atomic E-state index is 11.0. The second-order valence-electron chi connectivity index (χ2n) is 5.97. The first-order valence-corrected chi connectivity index (χ1v) is 7.70. The number of carbonyl (C=O) groups is 1. The van der Waals surface area contributed by atoms with E-state index >= 15 is 0 Å². The molecule has 0 radical (unpaired) electrons. The van der Waals surface area contributed by atoms with E-state index in [1.165, 1.54) is 5.56 Å². The molecule has 2 saturated heterocycles. The molecule has 0 bridgehead atoms. The van der Waals surface area contributed by atoms with Crippen molar-refractivity contribution in [3.63, 3.8) is 0 Å². The Bertz CT molecular complexity index is 472. The van der Waals surface area contributed by atoms with E-state index in [0.717, 1.165) is 39.1 Å². The SMILES string of the molecule is O=C(O)N1CCC(N2CCN(Cc3ccccc3)CC2)C1. The van der Waals surface area contributed by atoms with E-state index < -0.39 is 6.09 Å². The second kappa shape index (κ2) is 6.45. The third-order valence-electron chi connectivity index (χ3n) is 4.61. The zero-order valence-electron chi connectivity index (χ0n) is 12.3. The molecule has 2 aliphatic heterocycles. The lowest BCUT2D eigenvalue weighted by Gasteiger charge is -2.37. The molecule has 1 atom stereocenters. The van der Waals surface area contributed by atoms with Crippen LogP contribution in [0.3, 0.4) is 0 Å². The van der Waals surface area contributed by atoms with Crippen molar-refractivity contribution in [2.75, 3.05) is 39.3 Å². The third-order valence-corrected chi connectivity index (χ3v) is 4.61. The van der Waals surface area contributed by atoms with Crippen molar-refractivity contribution in [2.45, 2.75) is 19.0 Å². The lowest BCUT2D eigenvalue weighted by molar-refractivity contribution is 0.0922. The maximum Gasteiger partial charge on any atom is 0.407 e. The first-order chi connectivity index (χ1) is 10.2. The Morgan fingerprint density at radius 1 is 1.10 bits per heavy atom. The highest BCUT2D eigenvalue weighted by molar-refractivity contribution is 5.65. The van der Waals surface area contributed by atoms with Crippen molar-refractivity contribution < 1.29 is 9.90 Å². The fourth-order valence-electron chi connectivity index (χ4n) is 3.34. The first kappa shape index (κ1) is 14.4. The lowest BCUT2D eigenvalue weighted by Crippen LogP contribution is -2.50. The zero-order chi connectivity index (χ0) is 14.7. The van der Waals surface area contributed by atoms with Crippen LogP contribution in [0.1, 0.15) is 12.0 Å². The van der Waals surface area contributed by atoms with E-state index in [-0.39, 0.29) is 0 Å². The van der Waals surface area contributed by atoms with Crippen LogP contribution < -0.4 is 0 Å². The molecule has 0 aliphatic carbocycles. The van der Waals surface area contributed by atoms with Gasteiger partial charge in [-0.15, -0.1) is 0 Å². The topological polar surface area (TPSA) is 47.0 Å². The number of rotatable bonds is 3. The molecular formula is C16H23N3O2. The van der Waals surface area contributed by atoms with Crippen LogP contribution in [-0.4, -0.2) is 71.2 Å². The van der Waals surface area contributed by atoms with Crippen LogP contribution in [0.5, 0.6) is 0 Å². The van der Waals surface area contributed by atoms with Gasteiger partial charge in [0.05, 0.1) is 0 Å². The number of benzene rings is 1. The van der Waals surface area contributed by atoms with Crippen molar-refractivity contribution >= 4 is 6.09 Å². The molecule has 0 aromatic heterocycles. The van der Waals surface area contributed by atoms with Crippen molar-refractivity contribution in [1.82, 2.24) is 14.7 Å². The van der Waals surface area contributed by atoms with Gasteiger partial charge in [-0.25, -0.2) is 4.79 Å². The smallest absolute Gasteiger partial charge is 0.407 e. The number of nitrogens with zero attached hydrogens (tertiary/aromatic N) is 3. The summed E-state index contributed by atoms with van der Waals surface area (Å²) in [6.45, 7) is 6.60. The number of piperazine rings is 1. The minimum atomic E-state index is -0.778. The molecule has 1 N–H and O–H groups in total. The second-order valence-corrected chi connectivity index (χ2v) is 5.97. The van der Waals surface area contributed by atoms with Gasteiger partial charge < -0.3 is 10.0 Å². The van der Waals surface area contributed by atoms with E-state index in [0.29, 0.717) is 19.1 Å². The minimum Gasteiger partial charge on any atom is -0.465 e. The molecular weight excluding hydrogens is 266 g/mol. The Balaban J connectivity index is 1.46. The van der Waals surface area contributed by atoms with Crippen molar-refractivity contribution in [2.24, 2.45) is 0 Å². The van der Waals surface area contributed by atoms with E-state index in [4.69, 9.17) is 5.11 Å². The number of hydrogen-bond acceptors (Lipinski definition) is 3. The summed E-state index contributed by atoms with van der Waals surface area (Å²) in [7, 11) is 0. The highest BCUT2D eigenvalue weighted by Gasteiger charge is 2.31. The van der Waals surface area contributed by atoms with Gasteiger partial charge in [0.1, 0.15) is 0 Å². The minimum absolute atomic E-state index is 0.417. The van der Waals surface area contributed by atoms with Gasteiger partial charge in [0.2, 0.25) is 0 Å². The van der Waals surface area contributed by atoms with Gasteiger partial charge in [-0.2, -0.15) is 0 Å². The molecule has 1 aromatic rings. The van der Waals surface area contributed by atoms with Crippen molar-refractivity contribution in [3.8, 4) is 0 Å². The van der Waals surface area contributed by atoms with Crippen molar-refractivity contribution in [1.29, 1.82) is 0 Å². The van der Waals surface area contributed by atoms with Gasteiger partial charge in [-0.3, -0.25) is 9.80 Å². The molecule has 5 heteroatoms. The summed E-state index contributed by atoms with van der Waals surface area (Å²) in [4.78, 5) is 17.5. The van der Waals surface area contributed by atoms with Crippen LogP contribution in [0.15, 0.2) is 30.3 Å². The van der Waals surface area contributed by atoms with E-state index in [1.54, 1.807) is 4.90 Å². The van der Waals surface area contributed by atoms with Gasteiger partial charge in [0.25, 0.3) is 0 Å². The van der Waals surface area contributed by atoms with Crippen LogP contribution in [0.4, 0.5) is 4.79 Å². The van der Waals surface area contributed by atoms with Crippen LogP contribution in [-0.2, 0) is 6.54 Å². The molecule has 2 aliphatic rings. The highest BCUT2D eigenvalue weighted by atomic mass is 16.4. The average molecular weight is 289 g/mol. The number of likely N-dealkylation sites (tertiary alicyclic amines) is 1. The van der Waals surface area contributed by atoms with Crippen LogP contribution in [0, 0.1) is 0 Å². The molecule has 0 spiro atoms. The van der Waals surface area contributed by atoms with Gasteiger partial charge >= 0.3 is 6.09 Å².